The average molecular weight is 221 g/mol. The number of hydrogen-bond acceptors (Lipinski definition) is 2. The second kappa shape index (κ2) is 4.58. The minimum Gasteiger partial charge on any atom is -0.296 e. The molecule has 0 saturated carbocycles. The number of rotatable bonds is 2. The van der Waals surface area contributed by atoms with E-state index >= 15 is 0 Å². The molecule has 1 aromatic carbocycles. The first kappa shape index (κ1) is 11.0. The van der Waals surface area contributed by atoms with Crippen LogP contribution in [-0.2, 0) is 13.0 Å². The minimum atomic E-state index is 0.663. The highest BCUT2D eigenvalue weighted by Crippen LogP contribution is 2.25. The van der Waals surface area contributed by atoms with Crippen molar-refractivity contribution < 1.29 is 0 Å². The Balaban J connectivity index is 2.23. The molecule has 2 rings (SSSR count). The van der Waals surface area contributed by atoms with Crippen LogP contribution in [0.5, 0.6) is 0 Å². The fraction of sp³-hybridized carbons (Fsp3) is 0.538. The van der Waals surface area contributed by atoms with E-state index in [-0.39, 0.29) is 0 Å². The summed E-state index contributed by atoms with van der Waals surface area (Å²) in [5, 5.41) is 0. The lowest BCUT2D eigenvalue weighted by atomic mass is 9.99. The summed E-state index contributed by atoms with van der Waals surface area (Å²) in [4.78, 5) is 3.94. The first-order valence-electron chi connectivity index (χ1n) is 5.60. The Kier molecular flexibility index (Phi) is 3.37. The van der Waals surface area contributed by atoms with E-state index in [1.165, 1.54) is 23.4 Å². The van der Waals surface area contributed by atoms with Gasteiger partial charge in [-0.3, -0.25) is 4.90 Å². The summed E-state index contributed by atoms with van der Waals surface area (Å²) in [6, 6.07) is 7.57. The highest BCUT2D eigenvalue weighted by Gasteiger charge is 2.18. The van der Waals surface area contributed by atoms with E-state index in [9.17, 15) is 0 Å². The van der Waals surface area contributed by atoms with Crippen molar-refractivity contribution in [2.75, 3.05) is 12.8 Å². The molecule has 1 aliphatic rings. The predicted octanol–water partition coefficient (Wildman–Crippen LogP) is 3.18. The molecular formula is C13H19NS. The molecule has 0 spiro atoms. The predicted molar refractivity (Wildman–Crippen MR) is 67.5 cm³/mol. The van der Waals surface area contributed by atoms with E-state index < -0.39 is 0 Å². The molecule has 1 nitrogen and oxygen atoms in total. The van der Waals surface area contributed by atoms with Gasteiger partial charge in [-0.25, -0.2) is 0 Å². The Morgan fingerprint density at radius 1 is 1.27 bits per heavy atom. The Morgan fingerprint density at radius 2 is 2.07 bits per heavy atom. The van der Waals surface area contributed by atoms with Crippen LogP contribution in [0.4, 0.5) is 0 Å². The summed E-state index contributed by atoms with van der Waals surface area (Å²) in [6.07, 6.45) is 3.35. The Hall–Kier alpha value is -0.470. The van der Waals surface area contributed by atoms with Crippen LogP contribution in [0.1, 0.15) is 25.0 Å². The van der Waals surface area contributed by atoms with Crippen molar-refractivity contribution in [3.8, 4) is 0 Å². The van der Waals surface area contributed by atoms with Gasteiger partial charge in [0.2, 0.25) is 0 Å². The van der Waals surface area contributed by atoms with Gasteiger partial charge in [-0.2, -0.15) is 0 Å². The van der Waals surface area contributed by atoms with E-state index in [1.807, 2.05) is 11.8 Å². The van der Waals surface area contributed by atoms with E-state index in [0.717, 1.165) is 6.54 Å². The van der Waals surface area contributed by atoms with Crippen molar-refractivity contribution in [1.29, 1.82) is 0 Å². The average Bonchev–Trinajstić information content (AvgIpc) is 2.27. The van der Waals surface area contributed by atoms with Gasteiger partial charge in [-0.1, -0.05) is 6.07 Å². The standard InChI is InChI=1S/C13H19NS/c1-10(2)14-7-6-11-4-5-13(15-3)8-12(11)9-14/h4-5,8,10H,6-7,9H2,1-3H3. The van der Waals surface area contributed by atoms with Crippen LogP contribution in [0.25, 0.3) is 0 Å². The van der Waals surface area contributed by atoms with Crippen molar-refractivity contribution in [3.63, 3.8) is 0 Å². The summed E-state index contributed by atoms with van der Waals surface area (Å²) in [7, 11) is 0. The summed E-state index contributed by atoms with van der Waals surface area (Å²) in [5.41, 5.74) is 3.08. The van der Waals surface area contributed by atoms with Gasteiger partial charge in [-0.15, -0.1) is 11.8 Å². The molecular weight excluding hydrogens is 202 g/mol. The summed E-state index contributed by atoms with van der Waals surface area (Å²) < 4.78 is 0. The van der Waals surface area contributed by atoms with Gasteiger partial charge in [0.25, 0.3) is 0 Å². The maximum Gasteiger partial charge on any atom is 0.0239 e. The topological polar surface area (TPSA) is 3.24 Å². The normalized spacial score (nSPS) is 16.8. The van der Waals surface area contributed by atoms with Gasteiger partial charge in [0.1, 0.15) is 0 Å². The molecule has 0 bridgehead atoms. The summed E-state index contributed by atoms with van der Waals surface area (Å²) in [5.74, 6) is 0. The van der Waals surface area contributed by atoms with E-state index in [2.05, 4.69) is 43.2 Å². The molecule has 0 fully saturated rings. The van der Waals surface area contributed by atoms with Gasteiger partial charge in [0, 0.05) is 24.0 Å². The quantitative estimate of drug-likeness (QED) is 0.706. The molecule has 15 heavy (non-hydrogen) atoms. The van der Waals surface area contributed by atoms with Gasteiger partial charge in [-0.05, 0) is 49.8 Å². The van der Waals surface area contributed by atoms with Crippen LogP contribution in [-0.4, -0.2) is 23.7 Å². The third-order valence-electron chi connectivity index (χ3n) is 3.19. The maximum absolute atomic E-state index is 2.55. The summed E-state index contributed by atoms with van der Waals surface area (Å²) >= 11 is 1.83. The second-order valence-electron chi connectivity index (χ2n) is 4.45. The molecule has 82 valence electrons. The van der Waals surface area contributed by atoms with E-state index in [1.54, 1.807) is 5.56 Å². The van der Waals surface area contributed by atoms with Gasteiger partial charge >= 0.3 is 0 Å². The van der Waals surface area contributed by atoms with Crippen LogP contribution in [0.2, 0.25) is 0 Å². The molecule has 0 amide bonds. The van der Waals surface area contributed by atoms with Crippen LogP contribution < -0.4 is 0 Å². The molecule has 0 aromatic heterocycles. The molecule has 1 aliphatic heterocycles. The third kappa shape index (κ3) is 2.37. The van der Waals surface area contributed by atoms with E-state index in [4.69, 9.17) is 0 Å². The van der Waals surface area contributed by atoms with Gasteiger partial charge in [0.05, 0.1) is 0 Å². The van der Waals surface area contributed by atoms with Crippen molar-refractivity contribution in [2.24, 2.45) is 0 Å². The van der Waals surface area contributed by atoms with Crippen LogP contribution in [0.15, 0.2) is 23.1 Å². The maximum atomic E-state index is 2.55. The smallest absolute Gasteiger partial charge is 0.0239 e. The molecule has 0 aliphatic carbocycles. The highest BCUT2D eigenvalue weighted by molar-refractivity contribution is 7.98. The summed E-state index contributed by atoms with van der Waals surface area (Å²) in [6.45, 7) is 6.90. The monoisotopic (exact) mass is 221 g/mol. The Labute approximate surface area is 96.9 Å². The highest BCUT2D eigenvalue weighted by atomic mass is 32.2. The lowest BCUT2D eigenvalue weighted by molar-refractivity contribution is 0.203. The fourth-order valence-electron chi connectivity index (χ4n) is 2.12. The van der Waals surface area contributed by atoms with Gasteiger partial charge in [0.15, 0.2) is 0 Å². The Bertz CT molecular complexity index is 346. The zero-order valence-corrected chi connectivity index (χ0v) is 10.6. The minimum absolute atomic E-state index is 0.663. The lowest BCUT2D eigenvalue weighted by Crippen LogP contribution is -2.35. The van der Waals surface area contributed by atoms with Gasteiger partial charge < -0.3 is 0 Å². The number of benzene rings is 1. The molecule has 0 unspecified atom stereocenters. The van der Waals surface area contributed by atoms with E-state index in [0.29, 0.717) is 6.04 Å². The van der Waals surface area contributed by atoms with Crippen molar-refractivity contribution in [1.82, 2.24) is 4.90 Å². The molecule has 0 atom stereocenters. The number of hydrogen-bond donors (Lipinski definition) is 0. The van der Waals surface area contributed by atoms with Crippen molar-refractivity contribution >= 4 is 11.8 Å². The number of thioether (sulfide) groups is 1. The number of nitrogens with zero attached hydrogens (tertiary/aromatic N) is 1. The SMILES string of the molecule is CSc1ccc2c(c1)CN(C(C)C)CC2. The van der Waals surface area contributed by atoms with Crippen LogP contribution in [0.3, 0.4) is 0 Å². The molecule has 2 heteroatoms. The largest absolute Gasteiger partial charge is 0.296 e. The second-order valence-corrected chi connectivity index (χ2v) is 5.33. The molecule has 1 heterocycles. The lowest BCUT2D eigenvalue weighted by Gasteiger charge is -2.32. The Morgan fingerprint density at radius 3 is 2.73 bits per heavy atom. The molecule has 0 radical (unpaired) electrons. The molecule has 0 N–H and O–H groups in total. The van der Waals surface area contributed by atoms with Crippen LogP contribution in [0, 0.1) is 0 Å². The van der Waals surface area contributed by atoms with Crippen LogP contribution >= 0.6 is 11.8 Å². The zero-order valence-electron chi connectivity index (χ0n) is 9.79. The molecule has 1 aromatic rings. The van der Waals surface area contributed by atoms with Crippen molar-refractivity contribution in [2.45, 2.75) is 37.8 Å². The third-order valence-corrected chi connectivity index (χ3v) is 3.91. The van der Waals surface area contributed by atoms with Crippen molar-refractivity contribution in [3.05, 3.63) is 29.3 Å². The fourth-order valence-corrected chi connectivity index (χ4v) is 2.59. The molecule has 0 saturated heterocycles. The zero-order chi connectivity index (χ0) is 10.8. The first-order chi connectivity index (χ1) is 7.20. The number of fused-ring (bicyclic) bond motifs is 1. The first-order valence-corrected chi connectivity index (χ1v) is 6.83.